The van der Waals surface area contributed by atoms with Crippen LogP contribution in [0.5, 0.6) is 0 Å². The van der Waals surface area contributed by atoms with E-state index in [1.807, 2.05) is 31.3 Å². The number of fused-ring (bicyclic) bond motifs is 1. The lowest BCUT2D eigenvalue weighted by atomic mass is 9.73. The third-order valence-corrected chi connectivity index (χ3v) is 6.24. The van der Waals surface area contributed by atoms with Crippen molar-refractivity contribution in [2.75, 3.05) is 5.32 Å². The summed E-state index contributed by atoms with van der Waals surface area (Å²) in [5.41, 5.74) is 2.96. The smallest absolute Gasteiger partial charge is 0.227 e. The monoisotopic (exact) mass is 393 g/mol. The molecule has 4 nitrogen and oxygen atoms in total. The SMILES string of the molecule is C[C@@H](C(=O)Nc1ccc(Cl)cc1)C1CCC(c2ccnc3ncccc23)CC1. The van der Waals surface area contributed by atoms with Gasteiger partial charge in [-0.2, -0.15) is 0 Å². The van der Waals surface area contributed by atoms with Crippen molar-refractivity contribution in [3.05, 3.63) is 65.4 Å². The molecule has 1 saturated carbocycles. The maximum Gasteiger partial charge on any atom is 0.227 e. The molecule has 0 bridgehead atoms. The van der Waals surface area contributed by atoms with Crippen LogP contribution in [-0.2, 0) is 4.79 Å². The standard InChI is InChI=1S/C23H24ClN3O/c1-15(23(28)27-19-10-8-18(24)9-11-19)16-4-6-17(7-5-16)20-12-14-26-22-21(20)3-2-13-25-22/h2-3,8-17H,4-7H2,1H3,(H,27,28)/t15-,16?,17?/m1/s1. The zero-order valence-corrected chi connectivity index (χ0v) is 16.7. The van der Waals surface area contributed by atoms with Crippen LogP contribution >= 0.6 is 11.6 Å². The quantitative estimate of drug-likeness (QED) is 0.606. The van der Waals surface area contributed by atoms with E-state index in [9.17, 15) is 4.79 Å². The number of rotatable bonds is 4. The Labute approximate surface area is 170 Å². The van der Waals surface area contributed by atoms with Crippen LogP contribution in [0.25, 0.3) is 11.0 Å². The molecule has 1 aromatic carbocycles. The van der Waals surface area contributed by atoms with Gasteiger partial charge in [-0.25, -0.2) is 9.97 Å². The van der Waals surface area contributed by atoms with Crippen LogP contribution in [0.1, 0.15) is 44.1 Å². The molecule has 0 saturated heterocycles. The largest absolute Gasteiger partial charge is 0.326 e. The minimum Gasteiger partial charge on any atom is -0.326 e. The summed E-state index contributed by atoms with van der Waals surface area (Å²) < 4.78 is 0. The number of anilines is 1. The van der Waals surface area contributed by atoms with Gasteiger partial charge in [0.2, 0.25) is 5.91 Å². The number of nitrogens with zero attached hydrogens (tertiary/aromatic N) is 2. The highest BCUT2D eigenvalue weighted by atomic mass is 35.5. The first-order valence-corrected chi connectivity index (χ1v) is 10.3. The van der Waals surface area contributed by atoms with E-state index in [0.29, 0.717) is 16.9 Å². The zero-order chi connectivity index (χ0) is 19.5. The summed E-state index contributed by atoms with van der Waals surface area (Å²) in [4.78, 5) is 21.4. The summed E-state index contributed by atoms with van der Waals surface area (Å²) in [6.07, 6.45) is 7.96. The Morgan fingerprint density at radius 1 is 1.04 bits per heavy atom. The van der Waals surface area contributed by atoms with Crippen LogP contribution in [0.4, 0.5) is 5.69 Å². The predicted molar refractivity (Wildman–Crippen MR) is 113 cm³/mol. The van der Waals surface area contributed by atoms with E-state index < -0.39 is 0 Å². The van der Waals surface area contributed by atoms with Crippen molar-refractivity contribution in [1.82, 2.24) is 9.97 Å². The number of halogens is 1. The van der Waals surface area contributed by atoms with Crippen LogP contribution < -0.4 is 5.32 Å². The van der Waals surface area contributed by atoms with Crippen LogP contribution in [-0.4, -0.2) is 15.9 Å². The second kappa shape index (κ2) is 8.27. The van der Waals surface area contributed by atoms with E-state index in [2.05, 4.69) is 27.4 Å². The summed E-state index contributed by atoms with van der Waals surface area (Å²) in [5.74, 6) is 1.00. The van der Waals surface area contributed by atoms with Gasteiger partial charge in [0, 0.05) is 34.4 Å². The molecule has 0 aliphatic heterocycles. The van der Waals surface area contributed by atoms with Crippen LogP contribution in [0.15, 0.2) is 54.9 Å². The minimum absolute atomic E-state index is 0.00696. The van der Waals surface area contributed by atoms with Gasteiger partial charge < -0.3 is 5.32 Å². The molecule has 4 rings (SSSR count). The fraction of sp³-hybridized carbons (Fsp3) is 0.348. The normalized spacial score (nSPS) is 20.6. The van der Waals surface area contributed by atoms with Crippen molar-refractivity contribution >= 4 is 34.2 Å². The zero-order valence-electron chi connectivity index (χ0n) is 15.9. The fourth-order valence-corrected chi connectivity index (χ4v) is 4.42. The molecule has 28 heavy (non-hydrogen) atoms. The minimum atomic E-state index is -0.00696. The molecule has 0 spiro atoms. The molecule has 0 unspecified atom stereocenters. The van der Waals surface area contributed by atoms with Gasteiger partial charge >= 0.3 is 0 Å². The number of nitrogens with one attached hydrogen (secondary N) is 1. The highest BCUT2D eigenvalue weighted by molar-refractivity contribution is 6.30. The molecule has 0 radical (unpaired) electrons. The van der Waals surface area contributed by atoms with Crippen molar-refractivity contribution in [3.8, 4) is 0 Å². The van der Waals surface area contributed by atoms with Crippen LogP contribution in [0, 0.1) is 11.8 Å². The third kappa shape index (κ3) is 4.02. The Morgan fingerprint density at radius 3 is 2.50 bits per heavy atom. The summed E-state index contributed by atoms with van der Waals surface area (Å²) in [6.45, 7) is 2.04. The van der Waals surface area contributed by atoms with E-state index >= 15 is 0 Å². The van der Waals surface area contributed by atoms with Gasteiger partial charge in [0.1, 0.15) is 0 Å². The second-order valence-electron chi connectivity index (χ2n) is 7.67. The number of benzene rings is 1. The van der Waals surface area contributed by atoms with Crippen LogP contribution in [0.3, 0.4) is 0 Å². The number of amides is 1. The average Bonchev–Trinajstić information content (AvgIpc) is 2.74. The molecule has 1 amide bonds. The fourth-order valence-electron chi connectivity index (χ4n) is 4.29. The van der Waals surface area contributed by atoms with Gasteiger partial charge in [0.25, 0.3) is 0 Å². The Balaban J connectivity index is 1.39. The molecule has 1 N–H and O–H groups in total. The lowest BCUT2D eigenvalue weighted by Gasteiger charge is -2.32. The van der Waals surface area contributed by atoms with Crippen molar-refractivity contribution < 1.29 is 4.79 Å². The first kappa shape index (κ1) is 18.9. The molecule has 3 aromatic rings. The Bertz CT molecular complexity index is 960. The van der Waals surface area contributed by atoms with E-state index in [-0.39, 0.29) is 11.8 Å². The molecule has 1 atom stereocenters. The first-order valence-electron chi connectivity index (χ1n) is 9.88. The van der Waals surface area contributed by atoms with Crippen molar-refractivity contribution in [3.63, 3.8) is 0 Å². The molecule has 1 fully saturated rings. The highest BCUT2D eigenvalue weighted by Crippen LogP contribution is 2.40. The van der Waals surface area contributed by atoms with Gasteiger partial charge in [-0.1, -0.05) is 18.5 Å². The highest BCUT2D eigenvalue weighted by Gasteiger charge is 2.30. The number of hydrogen-bond donors (Lipinski definition) is 1. The summed E-state index contributed by atoms with van der Waals surface area (Å²) in [6, 6.07) is 13.5. The van der Waals surface area contributed by atoms with Gasteiger partial charge in [-0.05, 0) is 85.5 Å². The Hall–Kier alpha value is -2.46. The molecule has 1 aliphatic rings. The number of pyridine rings is 2. The molecule has 2 heterocycles. The van der Waals surface area contributed by atoms with Crippen molar-refractivity contribution in [1.29, 1.82) is 0 Å². The van der Waals surface area contributed by atoms with Gasteiger partial charge in [0.05, 0.1) is 0 Å². The van der Waals surface area contributed by atoms with Crippen LogP contribution in [0.2, 0.25) is 5.02 Å². The lowest BCUT2D eigenvalue weighted by molar-refractivity contribution is -0.121. The van der Waals surface area contributed by atoms with Gasteiger partial charge in [-0.15, -0.1) is 0 Å². The molecular weight excluding hydrogens is 370 g/mol. The maximum absolute atomic E-state index is 12.7. The number of carbonyl (C=O) groups excluding carboxylic acids is 1. The second-order valence-corrected chi connectivity index (χ2v) is 8.11. The molecular formula is C23H24ClN3O. The van der Waals surface area contributed by atoms with Gasteiger partial charge in [0.15, 0.2) is 5.65 Å². The van der Waals surface area contributed by atoms with E-state index in [1.165, 1.54) is 5.56 Å². The molecule has 144 valence electrons. The molecule has 5 heteroatoms. The maximum atomic E-state index is 12.7. The van der Waals surface area contributed by atoms with E-state index in [4.69, 9.17) is 11.6 Å². The Kier molecular flexibility index (Phi) is 5.58. The average molecular weight is 394 g/mol. The molecule has 1 aliphatic carbocycles. The topological polar surface area (TPSA) is 54.9 Å². The van der Waals surface area contributed by atoms with Crippen molar-refractivity contribution in [2.24, 2.45) is 11.8 Å². The van der Waals surface area contributed by atoms with Crippen molar-refractivity contribution in [2.45, 2.75) is 38.5 Å². The Morgan fingerprint density at radius 2 is 1.75 bits per heavy atom. The number of hydrogen-bond acceptors (Lipinski definition) is 3. The van der Waals surface area contributed by atoms with E-state index in [0.717, 1.165) is 42.4 Å². The predicted octanol–water partition coefficient (Wildman–Crippen LogP) is 5.83. The summed E-state index contributed by atoms with van der Waals surface area (Å²) in [7, 11) is 0. The van der Waals surface area contributed by atoms with E-state index in [1.54, 1.807) is 18.3 Å². The third-order valence-electron chi connectivity index (χ3n) is 5.99. The summed E-state index contributed by atoms with van der Waals surface area (Å²) in [5, 5.41) is 4.84. The summed E-state index contributed by atoms with van der Waals surface area (Å²) >= 11 is 5.91. The molecule has 2 aromatic heterocycles. The van der Waals surface area contributed by atoms with Gasteiger partial charge in [-0.3, -0.25) is 4.79 Å². The first-order chi connectivity index (χ1) is 13.6. The number of carbonyl (C=O) groups is 1. The lowest BCUT2D eigenvalue weighted by Crippen LogP contribution is -2.29. The number of aromatic nitrogens is 2.